The second kappa shape index (κ2) is 13.7. The van der Waals surface area contributed by atoms with E-state index in [0.29, 0.717) is 5.89 Å². The summed E-state index contributed by atoms with van der Waals surface area (Å²) in [6, 6.07) is 68.9. The third kappa shape index (κ3) is 5.65. The van der Waals surface area contributed by atoms with Crippen molar-refractivity contribution in [1.29, 1.82) is 0 Å². The lowest BCUT2D eigenvalue weighted by molar-refractivity contribution is 0.621. The molecule has 0 amide bonds. The largest absolute Gasteiger partial charge is 0.435 e. The molecule has 11 rings (SSSR count). The van der Waals surface area contributed by atoms with Crippen LogP contribution >= 0.6 is 0 Å². The van der Waals surface area contributed by atoms with Gasteiger partial charge in [-0.15, -0.1) is 0 Å². The van der Waals surface area contributed by atoms with Crippen LogP contribution in [0.3, 0.4) is 0 Å². The van der Waals surface area contributed by atoms with Gasteiger partial charge in [-0.1, -0.05) is 146 Å². The fraction of sp³-hybridized carbons (Fsp3) is 0.0377. The van der Waals surface area contributed by atoms with Crippen LogP contribution in [0.15, 0.2) is 205 Å². The van der Waals surface area contributed by atoms with Crippen molar-refractivity contribution in [3.05, 3.63) is 211 Å². The van der Waals surface area contributed by atoms with E-state index in [1.165, 1.54) is 39.0 Å². The average Bonchev–Trinajstić information content (AvgIpc) is 3.88. The maximum atomic E-state index is 6.62. The number of fused-ring (bicyclic) bond motifs is 6. The van der Waals surface area contributed by atoms with Gasteiger partial charge in [0.25, 0.3) is 0 Å². The number of nitrogens with zero attached hydrogens (tertiary/aromatic N) is 3. The van der Waals surface area contributed by atoms with Crippen LogP contribution in [-0.4, -0.2) is 15.6 Å². The van der Waals surface area contributed by atoms with Gasteiger partial charge in [0, 0.05) is 50.2 Å². The third-order valence-electron chi connectivity index (χ3n) is 11.4. The number of aromatic nitrogens is 2. The van der Waals surface area contributed by atoms with E-state index in [2.05, 4.69) is 185 Å². The Labute approximate surface area is 331 Å². The van der Waals surface area contributed by atoms with E-state index in [1.807, 2.05) is 30.3 Å². The summed E-state index contributed by atoms with van der Waals surface area (Å²) in [7, 11) is 0. The molecule has 2 aromatic heterocycles. The Bertz CT molecular complexity index is 3090. The summed E-state index contributed by atoms with van der Waals surface area (Å²) in [6.07, 6.45) is 5.58. The Morgan fingerprint density at radius 2 is 1.19 bits per heavy atom. The van der Waals surface area contributed by atoms with E-state index in [1.54, 1.807) is 0 Å². The molecule has 1 unspecified atom stereocenters. The molecule has 0 spiro atoms. The predicted molar refractivity (Wildman–Crippen MR) is 236 cm³/mol. The first-order valence-electron chi connectivity index (χ1n) is 19.6. The smallest absolute Gasteiger partial charge is 0.227 e. The lowest BCUT2D eigenvalue weighted by Crippen LogP contribution is -2.33. The van der Waals surface area contributed by atoms with Crippen molar-refractivity contribution < 1.29 is 4.42 Å². The van der Waals surface area contributed by atoms with Crippen LogP contribution in [0.1, 0.15) is 11.3 Å². The first-order valence-corrected chi connectivity index (χ1v) is 19.6. The highest BCUT2D eigenvalue weighted by Crippen LogP contribution is 2.43. The molecule has 1 aliphatic rings. The highest BCUT2D eigenvalue weighted by Gasteiger charge is 2.29. The lowest BCUT2D eigenvalue weighted by atomic mass is 9.93. The minimum absolute atomic E-state index is 0.0540. The summed E-state index contributed by atoms with van der Waals surface area (Å²) < 4.78 is 9.03. The summed E-state index contributed by atoms with van der Waals surface area (Å²) in [6.45, 7) is 0. The monoisotopic (exact) mass is 731 g/mol. The fourth-order valence-electron chi connectivity index (χ4n) is 8.75. The number of hydrogen-bond donors (Lipinski definition) is 0. The van der Waals surface area contributed by atoms with Crippen LogP contribution in [0.4, 0.5) is 11.4 Å². The van der Waals surface area contributed by atoms with E-state index in [-0.39, 0.29) is 6.04 Å². The topological polar surface area (TPSA) is 34.2 Å². The van der Waals surface area contributed by atoms with E-state index in [0.717, 1.165) is 56.4 Å². The Balaban J connectivity index is 1.06. The zero-order valence-corrected chi connectivity index (χ0v) is 31.2. The number of para-hydroxylation sites is 3. The van der Waals surface area contributed by atoms with Gasteiger partial charge < -0.3 is 13.9 Å². The molecule has 0 N–H and O–H groups in total. The fourth-order valence-corrected chi connectivity index (χ4v) is 8.75. The first-order chi connectivity index (χ1) is 28.3. The van der Waals surface area contributed by atoms with Gasteiger partial charge in [0.05, 0.1) is 11.6 Å². The minimum Gasteiger partial charge on any atom is -0.435 e. The van der Waals surface area contributed by atoms with Crippen LogP contribution in [0.5, 0.6) is 0 Å². The van der Waals surface area contributed by atoms with Gasteiger partial charge in [-0.05, 0) is 89.2 Å². The first kappa shape index (κ1) is 33.0. The SMILES string of the molecule is C1=CC(N(c2ccc(-c3cc4ccccc4c4nc(-c5ccccc5)oc34)cc2)c2ccccc2-c2ccccc2)Cc2c1n(-c1ccccc1)c1ccccc21. The molecule has 8 aromatic carbocycles. The Hall–Kier alpha value is -7.43. The molecular formula is C53H37N3O. The molecule has 0 saturated heterocycles. The van der Waals surface area contributed by atoms with Gasteiger partial charge in [0.15, 0.2) is 5.58 Å². The zero-order valence-electron chi connectivity index (χ0n) is 31.2. The summed E-state index contributed by atoms with van der Waals surface area (Å²) >= 11 is 0. The molecule has 1 atom stereocenters. The second-order valence-electron chi connectivity index (χ2n) is 14.7. The molecule has 4 heteroatoms. The van der Waals surface area contributed by atoms with Crippen molar-refractivity contribution in [3.63, 3.8) is 0 Å². The minimum atomic E-state index is 0.0540. The molecule has 0 aliphatic heterocycles. The third-order valence-corrected chi connectivity index (χ3v) is 11.4. The Morgan fingerprint density at radius 3 is 1.98 bits per heavy atom. The molecule has 0 saturated carbocycles. The van der Waals surface area contributed by atoms with Gasteiger partial charge >= 0.3 is 0 Å². The maximum Gasteiger partial charge on any atom is 0.227 e. The van der Waals surface area contributed by atoms with Gasteiger partial charge in [0.1, 0.15) is 5.52 Å². The molecule has 4 nitrogen and oxygen atoms in total. The van der Waals surface area contributed by atoms with Gasteiger partial charge in [0.2, 0.25) is 5.89 Å². The number of rotatable bonds is 7. The molecule has 0 bridgehead atoms. The molecule has 2 heterocycles. The van der Waals surface area contributed by atoms with Crippen molar-refractivity contribution in [3.8, 4) is 39.4 Å². The highest BCUT2D eigenvalue weighted by molar-refractivity contribution is 6.10. The number of hydrogen-bond acceptors (Lipinski definition) is 3. The number of benzene rings is 8. The summed E-state index contributed by atoms with van der Waals surface area (Å²) in [5, 5.41) is 3.51. The molecule has 1 aliphatic carbocycles. The van der Waals surface area contributed by atoms with E-state index >= 15 is 0 Å². The molecule has 270 valence electrons. The van der Waals surface area contributed by atoms with Crippen LogP contribution in [0.2, 0.25) is 0 Å². The molecular weight excluding hydrogens is 695 g/mol. The number of anilines is 2. The molecule has 57 heavy (non-hydrogen) atoms. The zero-order chi connectivity index (χ0) is 37.7. The van der Waals surface area contributed by atoms with Crippen molar-refractivity contribution in [2.24, 2.45) is 0 Å². The summed E-state index contributed by atoms with van der Waals surface area (Å²) in [5.74, 6) is 0.626. The Morgan fingerprint density at radius 1 is 0.561 bits per heavy atom. The Kier molecular flexibility index (Phi) is 7.92. The quantitative estimate of drug-likeness (QED) is 0.164. The molecule has 0 radical (unpaired) electrons. The maximum absolute atomic E-state index is 6.62. The second-order valence-corrected chi connectivity index (χ2v) is 14.7. The van der Waals surface area contributed by atoms with Crippen molar-refractivity contribution in [2.75, 3.05) is 4.90 Å². The van der Waals surface area contributed by atoms with Crippen LogP contribution < -0.4 is 4.90 Å². The van der Waals surface area contributed by atoms with E-state index in [4.69, 9.17) is 9.40 Å². The normalized spacial score (nSPS) is 13.6. The highest BCUT2D eigenvalue weighted by atomic mass is 16.3. The standard InChI is InChI=1S/C53H37N3O/c1-4-16-36(17-5-1)43-23-12-14-26-48(43)55(42-32-33-50-47(35-42)45-25-13-15-27-49(45)56(50)40-21-8-3-9-22-40)41-30-28-37(29-31-41)46-34-39-20-10-11-24-44(39)51-52(46)57-53(54-51)38-18-6-2-7-19-38/h1-34,42H,35H2. The van der Waals surface area contributed by atoms with Crippen molar-refractivity contribution >= 4 is 50.2 Å². The summed E-state index contributed by atoms with van der Waals surface area (Å²) in [4.78, 5) is 7.59. The van der Waals surface area contributed by atoms with Gasteiger partial charge in [-0.3, -0.25) is 0 Å². The molecule has 0 fully saturated rings. The number of oxazole rings is 1. The van der Waals surface area contributed by atoms with Crippen LogP contribution in [-0.2, 0) is 6.42 Å². The van der Waals surface area contributed by atoms with Crippen molar-refractivity contribution in [2.45, 2.75) is 12.5 Å². The summed E-state index contributed by atoms with van der Waals surface area (Å²) in [5.41, 5.74) is 14.4. The van der Waals surface area contributed by atoms with Crippen LogP contribution in [0, 0.1) is 0 Å². The van der Waals surface area contributed by atoms with Crippen LogP contribution in [0.25, 0.3) is 78.2 Å². The van der Waals surface area contributed by atoms with Gasteiger partial charge in [-0.2, -0.15) is 0 Å². The average molecular weight is 732 g/mol. The lowest BCUT2D eigenvalue weighted by Gasteiger charge is -2.35. The van der Waals surface area contributed by atoms with E-state index in [9.17, 15) is 0 Å². The van der Waals surface area contributed by atoms with Gasteiger partial charge in [-0.25, -0.2) is 4.98 Å². The molecule has 10 aromatic rings. The predicted octanol–water partition coefficient (Wildman–Crippen LogP) is 13.7. The van der Waals surface area contributed by atoms with E-state index < -0.39 is 0 Å². The van der Waals surface area contributed by atoms with Crippen molar-refractivity contribution in [1.82, 2.24) is 9.55 Å².